The number of hydrogen-bond donors (Lipinski definition) is 3. The van der Waals surface area contributed by atoms with E-state index in [0.29, 0.717) is 6.42 Å². The summed E-state index contributed by atoms with van der Waals surface area (Å²) in [7, 11) is 0. The van der Waals surface area contributed by atoms with E-state index in [0.717, 1.165) is 36.7 Å². The van der Waals surface area contributed by atoms with Crippen molar-refractivity contribution in [2.24, 2.45) is 5.11 Å². The summed E-state index contributed by atoms with van der Waals surface area (Å²) in [5.41, 5.74) is 7.80. The molecule has 1 aromatic heterocycles. The molecular formula is C19H29N5O8. The van der Waals surface area contributed by atoms with Gasteiger partial charge in [-0.05, 0) is 25.3 Å². The number of carbonyl (C=O) groups excluding carboxylic acids is 1. The highest BCUT2D eigenvalue weighted by molar-refractivity contribution is 5.60. The molecule has 13 nitrogen and oxygen atoms in total. The number of unbranched alkanes of at least 4 members (excludes halogenated alkanes) is 5. The third-order valence-electron chi connectivity index (χ3n) is 5.06. The molecule has 1 saturated heterocycles. The summed E-state index contributed by atoms with van der Waals surface area (Å²) in [6.45, 7) is 1.81. The van der Waals surface area contributed by atoms with Gasteiger partial charge in [-0.1, -0.05) is 30.8 Å². The number of aryl methyl sites for hydroxylation is 1. The van der Waals surface area contributed by atoms with Gasteiger partial charge in [0.25, 0.3) is 5.56 Å². The van der Waals surface area contributed by atoms with Crippen molar-refractivity contribution in [2.45, 2.75) is 76.5 Å². The molecular weight excluding hydrogens is 426 g/mol. The molecule has 1 aliphatic heterocycles. The lowest BCUT2D eigenvalue weighted by Gasteiger charge is -2.21. The molecule has 1 aromatic rings. The van der Waals surface area contributed by atoms with Crippen LogP contribution in [0, 0.1) is 6.92 Å². The third kappa shape index (κ3) is 7.38. The molecule has 0 amide bonds. The van der Waals surface area contributed by atoms with Crippen molar-refractivity contribution >= 4 is 6.16 Å². The van der Waals surface area contributed by atoms with Crippen LogP contribution in [0.15, 0.2) is 20.9 Å². The van der Waals surface area contributed by atoms with E-state index in [9.17, 15) is 19.5 Å². The average Bonchev–Trinajstić information content (AvgIpc) is 3.16. The number of carbonyl (C=O) groups is 1. The lowest BCUT2D eigenvalue weighted by atomic mass is 10.1. The van der Waals surface area contributed by atoms with E-state index in [1.165, 1.54) is 13.1 Å². The molecule has 0 radical (unpaired) electrons. The van der Waals surface area contributed by atoms with Gasteiger partial charge in [0.05, 0.1) is 12.6 Å². The molecule has 0 bridgehead atoms. The highest BCUT2D eigenvalue weighted by atomic mass is 16.8. The molecule has 0 aromatic carbocycles. The van der Waals surface area contributed by atoms with Crippen LogP contribution in [0.5, 0.6) is 0 Å². The van der Waals surface area contributed by atoms with Gasteiger partial charge < -0.3 is 24.4 Å². The van der Waals surface area contributed by atoms with Gasteiger partial charge in [-0.15, -0.1) is 0 Å². The van der Waals surface area contributed by atoms with E-state index in [4.69, 9.17) is 24.8 Å². The monoisotopic (exact) mass is 455 g/mol. The van der Waals surface area contributed by atoms with E-state index < -0.39 is 42.1 Å². The Morgan fingerprint density at radius 2 is 2.03 bits per heavy atom. The Hall–Kier alpha value is -2.86. The van der Waals surface area contributed by atoms with Crippen LogP contribution in [0.1, 0.15) is 56.7 Å². The second-order valence-corrected chi connectivity index (χ2v) is 7.49. The zero-order chi connectivity index (χ0) is 23.5. The summed E-state index contributed by atoms with van der Waals surface area (Å²) in [5, 5.41) is 22.6. The second kappa shape index (κ2) is 12.9. The number of aromatic amines is 1. The molecule has 178 valence electrons. The smallest absolute Gasteiger partial charge is 0.434 e. The minimum absolute atomic E-state index is 0.0197. The Morgan fingerprint density at radius 1 is 1.34 bits per heavy atom. The number of hydrogen-bond acceptors (Lipinski definition) is 9. The minimum atomic E-state index is -1.79. The van der Waals surface area contributed by atoms with Gasteiger partial charge >= 0.3 is 11.8 Å². The number of azide groups is 1. The first-order chi connectivity index (χ1) is 15.4. The molecule has 2 rings (SSSR count). The maximum absolute atomic E-state index is 12.1. The standard InChI is InChI=1S/C19H29N5O8/c1-12-11-24(18(28)21-16(12)26)14-10-13(22-23-20)15(31-14)17(27)32-19(29)30-9-7-5-3-2-4-6-8-25/h11,13-15,17,25,27H,2-10H2,1H3,(H,21,26,28)/t13?,14-,15+,17?/m1/s1. The Balaban J connectivity index is 1.87. The van der Waals surface area contributed by atoms with Crippen molar-refractivity contribution < 1.29 is 29.2 Å². The van der Waals surface area contributed by atoms with Gasteiger partial charge in [0.2, 0.25) is 6.29 Å². The second-order valence-electron chi connectivity index (χ2n) is 7.49. The van der Waals surface area contributed by atoms with Crippen molar-refractivity contribution in [3.05, 3.63) is 43.0 Å². The van der Waals surface area contributed by atoms with E-state index in [2.05, 4.69) is 15.0 Å². The first-order valence-electron chi connectivity index (χ1n) is 10.5. The molecule has 3 N–H and O–H groups in total. The van der Waals surface area contributed by atoms with Crippen LogP contribution >= 0.6 is 0 Å². The van der Waals surface area contributed by atoms with Crippen LogP contribution in [0.4, 0.5) is 4.79 Å². The van der Waals surface area contributed by atoms with Gasteiger partial charge in [-0.2, -0.15) is 0 Å². The highest BCUT2D eigenvalue weighted by Crippen LogP contribution is 2.32. The van der Waals surface area contributed by atoms with Crippen molar-refractivity contribution in [1.29, 1.82) is 0 Å². The van der Waals surface area contributed by atoms with Gasteiger partial charge in [-0.3, -0.25) is 14.3 Å². The maximum atomic E-state index is 12.1. The number of ether oxygens (including phenoxy) is 3. The van der Waals surface area contributed by atoms with Gasteiger partial charge in [-0.25, -0.2) is 9.59 Å². The number of rotatable bonds is 12. The Bertz CT molecular complexity index is 910. The van der Waals surface area contributed by atoms with Crippen LogP contribution in [-0.4, -0.2) is 57.6 Å². The van der Waals surface area contributed by atoms with Crippen molar-refractivity contribution in [1.82, 2.24) is 9.55 Å². The summed E-state index contributed by atoms with van der Waals surface area (Å²) < 4.78 is 16.5. The van der Waals surface area contributed by atoms with Gasteiger partial charge in [0.1, 0.15) is 12.3 Å². The van der Waals surface area contributed by atoms with Crippen LogP contribution < -0.4 is 11.2 Å². The maximum Gasteiger partial charge on any atom is 0.510 e. The van der Waals surface area contributed by atoms with Crippen molar-refractivity contribution in [2.75, 3.05) is 13.2 Å². The normalized spacial score (nSPS) is 21.0. The summed E-state index contributed by atoms with van der Waals surface area (Å²) in [4.78, 5) is 40.4. The van der Waals surface area contributed by atoms with Crippen LogP contribution in [0.2, 0.25) is 0 Å². The summed E-state index contributed by atoms with van der Waals surface area (Å²) >= 11 is 0. The fourth-order valence-electron chi connectivity index (χ4n) is 3.36. The summed E-state index contributed by atoms with van der Waals surface area (Å²) in [6, 6.07) is -0.925. The van der Waals surface area contributed by atoms with Crippen molar-refractivity contribution in [3.8, 4) is 0 Å². The molecule has 4 atom stereocenters. The zero-order valence-electron chi connectivity index (χ0n) is 17.9. The Labute approximate surface area is 183 Å². The van der Waals surface area contributed by atoms with Crippen LogP contribution in [0.25, 0.3) is 10.4 Å². The summed E-state index contributed by atoms with van der Waals surface area (Å²) in [6.07, 6.45) is 1.40. The lowest BCUT2D eigenvalue weighted by molar-refractivity contribution is -0.165. The minimum Gasteiger partial charge on any atom is -0.434 e. The number of aliphatic hydroxyl groups is 2. The van der Waals surface area contributed by atoms with E-state index in [1.54, 1.807) is 0 Å². The molecule has 32 heavy (non-hydrogen) atoms. The molecule has 0 spiro atoms. The molecule has 0 saturated carbocycles. The van der Waals surface area contributed by atoms with Gasteiger partial charge in [0.15, 0.2) is 0 Å². The van der Waals surface area contributed by atoms with Crippen LogP contribution in [-0.2, 0) is 14.2 Å². The van der Waals surface area contributed by atoms with Crippen LogP contribution in [0.3, 0.4) is 0 Å². The fourth-order valence-corrected chi connectivity index (χ4v) is 3.36. The number of aliphatic hydroxyl groups excluding tert-OH is 2. The quantitative estimate of drug-likeness (QED) is 0.106. The lowest BCUT2D eigenvalue weighted by Crippen LogP contribution is -2.38. The van der Waals surface area contributed by atoms with Gasteiger partial charge in [0, 0.05) is 29.7 Å². The molecule has 2 unspecified atom stereocenters. The fraction of sp³-hybridized carbons (Fsp3) is 0.737. The average molecular weight is 455 g/mol. The van der Waals surface area contributed by atoms with E-state index in [1.807, 2.05) is 0 Å². The van der Waals surface area contributed by atoms with E-state index in [-0.39, 0.29) is 25.2 Å². The largest absolute Gasteiger partial charge is 0.510 e. The number of aromatic nitrogens is 2. The number of H-pyrrole nitrogens is 1. The molecule has 13 heteroatoms. The highest BCUT2D eigenvalue weighted by Gasteiger charge is 2.42. The SMILES string of the molecule is Cc1cn([C@H]2CC(N=[N+]=[N-])[C@@H](C(O)OC(=O)OCCCCCCCCO)O2)c(=O)[nH]c1=O. The predicted octanol–water partition coefficient (Wildman–Crippen LogP) is 1.62. The molecule has 1 aliphatic rings. The number of nitrogens with zero attached hydrogens (tertiary/aromatic N) is 4. The number of nitrogens with one attached hydrogen (secondary N) is 1. The zero-order valence-corrected chi connectivity index (χ0v) is 17.9. The Kier molecular flexibility index (Phi) is 10.2. The molecule has 2 heterocycles. The first kappa shape index (κ1) is 25.4. The summed E-state index contributed by atoms with van der Waals surface area (Å²) in [5.74, 6) is 0. The molecule has 1 fully saturated rings. The Morgan fingerprint density at radius 3 is 2.72 bits per heavy atom. The third-order valence-corrected chi connectivity index (χ3v) is 5.06. The van der Waals surface area contributed by atoms with Crippen molar-refractivity contribution in [3.63, 3.8) is 0 Å². The topological polar surface area (TPSA) is 189 Å². The van der Waals surface area contributed by atoms with E-state index >= 15 is 0 Å². The molecule has 0 aliphatic carbocycles. The predicted molar refractivity (Wildman–Crippen MR) is 111 cm³/mol. The first-order valence-corrected chi connectivity index (χ1v) is 10.5.